The molecule has 4 rings (SSSR count). The number of para-hydroxylation sites is 1. The van der Waals surface area contributed by atoms with E-state index in [9.17, 15) is 9.18 Å². The Morgan fingerprint density at radius 3 is 2.79 bits per heavy atom. The van der Waals surface area contributed by atoms with Crippen LogP contribution < -0.4 is 10.3 Å². The summed E-state index contributed by atoms with van der Waals surface area (Å²) in [4.78, 5) is 19.3. The molecule has 0 aliphatic heterocycles. The summed E-state index contributed by atoms with van der Waals surface area (Å²) in [5.74, 6) is 0.292. The van der Waals surface area contributed by atoms with Crippen LogP contribution in [0.1, 0.15) is 0 Å². The van der Waals surface area contributed by atoms with Gasteiger partial charge in [0.15, 0.2) is 11.6 Å². The van der Waals surface area contributed by atoms with E-state index in [2.05, 4.69) is 15.1 Å². The molecule has 0 saturated heterocycles. The van der Waals surface area contributed by atoms with E-state index in [1.165, 1.54) is 22.9 Å². The van der Waals surface area contributed by atoms with Gasteiger partial charge in [0.25, 0.3) is 5.56 Å². The first-order valence-corrected chi connectivity index (χ1v) is 7.17. The fourth-order valence-corrected chi connectivity index (χ4v) is 2.33. The summed E-state index contributed by atoms with van der Waals surface area (Å²) in [5, 5.41) is 4.38. The number of rotatable bonds is 3. The van der Waals surface area contributed by atoms with Crippen LogP contribution in [0.25, 0.3) is 16.9 Å². The quantitative estimate of drug-likeness (QED) is 0.629. The van der Waals surface area contributed by atoms with Gasteiger partial charge in [-0.15, -0.1) is 0 Å². The monoisotopic (exact) mass is 322 g/mol. The summed E-state index contributed by atoms with van der Waals surface area (Å²) < 4.78 is 20.6. The van der Waals surface area contributed by atoms with Crippen molar-refractivity contribution in [2.75, 3.05) is 0 Å². The van der Waals surface area contributed by atoms with Crippen LogP contribution in [0.2, 0.25) is 0 Å². The molecule has 0 amide bonds. The molecular formula is C17H11FN4O2. The van der Waals surface area contributed by atoms with Crippen molar-refractivity contribution in [3.05, 3.63) is 77.1 Å². The third-order valence-corrected chi connectivity index (χ3v) is 3.45. The van der Waals surface area contributed by atoms with Gasteiger partial charge in [-0.05, 0) is 36.4 Å². The molecule has 2 aromatic heterocycles. The van der Waals surface area contributed by atoms with E-state index in [-0.39, 0.29) is 11.3 Å². The molecule has 24 heavy (non-hydrogen) atoms. The Hall–Kier alpha value is -3.48. The smallest absolute Gasteiger partial charge is 0.260 e. The highest BCUT2D eigenvalue weighted by Gasteiger charge is 2.09. The Morgan fingerprint density at radius 2 is 2.00 bits per heavy atom. The van der Waals surface area contributed by atoms with Gasteiger partial charge in [0.05, 0.1) is 10.9 Å². The number of fused-ring (bicyclic) bond motifs is 1. The molecule has 0 unspecified atom stereocenters. The van der Waals surface area contributed by atoms with Gasteiger partial charge in [-0.25, -0.2) is 14.1 Å². The van der Waals surface area contributed by atoms with Crippen LogP contribution in [0.3, 0.4) is 0 Å². The zero-order valence-electron chi connectivity index (χ0n) is 12.3. The average molecular weight is 322 g/mol. The minimum atomic E-state index is -0.473. The molecule has 6 nitrogen and oxygen atoms in total. The number of halogens is 1. The standard InChI is InChI=1S/C17H11FN4O2/c18-13-4-1-2-5-15(13)24-11-6-7-14-12(10-11)16(23)21-17(20-14)22-9-3-8-19-22/h1-10H,(H,20,21,23). The predicted molar refractivity (Wildman–Crippen MR) is 86.0 cm³/mol. The van der Waals surface area contributed by atoms with E-state index >= 15 is 0 Å². The molecule has 0 aliphatic rings. The second kappa shape index (κ2) is 5.62. The lowest BCUT2D eigenvalue weighted by Gasteiger charge is -2.08. The van der Waals surface area contributed by atoms with Crippen molar-refractivity contribution in [1.82, 2.24) is 19.7 Å². The van der Waals surface area contributed by atoms with E-state index in [4.69, 9.17) is 4.74 Å². The predicted octanol–water partition coefficient (Wildman–Crippen LogP) is 3.04. The molecule has 0 radical (unpaired) electrons. The summed E-state index contributed by atoms with van der Waals surface area (Å²) in [6.07, 6.45) is 3.27. The fourth-order valence-electron chi connectivity index (χ4n) is 2.33. The summed E-state index contributed by atoms with van der Waals surface area (Å²) in [6, 6.07) is 12.6. The number of ether oxygens (including phenoxy) is 1. The Kier molecular flexibility index (Phi) is 3.31. The summed E-state index contributed by atoms with van der Waals surface area (Å²) in [5.41, 5.74) is 0.162. The largest absolute Gasteiger partial charge is 0.454 e. The van der Waals surface area contributed by atoms with Crippen molar-refractivity contribution in [3.8, 4) is 17.4 Å². The number of aromatic nitrogens is 4. The summed E-state index contributed by atoms with van der Waals surface area (Å²) >= 11 is 0. The van der Waals surface area contributed by atoms with Crippen LogP contribution in [0.4, 0.5) is 4.39 Å². The van der Waals surface area contributed by atoms with Crippen molar-refractivity contribution in [3.63, 3.8) is 0 Å². The van der Waals surface area contributed by atoms with Crippen molar-refractivity contribution in [1.29, 1.82) is 0 Å². The lowest BCUT2D eigenvalue weighted by atomic mass is 10.2. The minimum Gasteiger partial charge on any atom is -0.454 e. The van der Waals surface area contributed by atoms with Crippen molar-refractivity contribution in [2.24, 2.45) is 0 Å². The fraction of sp³-hybridized carbons (Fsp3) is 0. The van der Waals surface area contributed by atoms with Crippen molar-refractivity contribution in [2.45, 2.75) is 0 Å². The van der Waals surface area contributed by atoms with Gasteiger partial charge in [-0.3, -0.25) is 9.78 Å². The van der Waals surface area contributed by atoms with Crippen molar-refractivity contribution < 1.29 is 9.13 Å². The number of benzene rings is 2. The maximum Gasteiger partial charge on any atom is 0.260 e. The summed E-state index contributed by atoms with van der Waals surface area (Å²) in [7, 11) is 0. The van der Waals surface area contributed by atoms with Gasteiger partial charge >= 0.3 is 0 Å². The molecule has 0 bridgehead atoms. The van der Waals surface area contributed by atoms with Crippen LogP contribution in [-0.4, -0.2) is 19.7 Å². The molecule has 7 heteroatoms. The maximum atomic E-state index is 13.7. The molecule has 0 fully saturated rings. The van der Waals surface area contributed by atoms with E-state index in [0.717, 1.165) is 0 Å². The molecule has 2 heterocycles. The van der Waals surface area contributed by atoms with Crippen LogP contribution in [0.15, 0.2) is 65.7 Å². The molecule has 4 aromatic rings. The molecule has 2 aromatic carbocycles. The Morgan fingerprint density at radius 1 is 1.12 bits per heavy atom. The second-order valence-electron chi connectivity index (χ2n) is 5.05. The van der Waals surface area contributed by atoms with Gasteiger partial charge in [0.1, 0.15) is 5.75 Å². The Labute approximate surface area is 135 Å². The van der Waals surface area contributed by atoms with Crippen LogP contribution in [0, 0.1) is 5.82 Å². The first-order chi connectivity index (χ1) is 11.7. The third-order valence-electron chi connectivity index (χ3n) is 3.45. The number of nitrogens with one attached hydrogen (secondary N) is 1. The minimum absolute atomic E-state index is 0.0920. The highest BCUT2D eigenvalue weighted by atomic mass is 19.1. The van der Waals surface area contributed by atoms with Crippen molar-refractivity contribution >= 4 is 10.9 Å². The number of hydrogen-bond acceptors (Lipinski definition) is 4. The zero-order chi connectivity index (χ0) is 16.5. The molecule has 0 atom stereocenters. The normalized spacial score (nSPS) is 10.9. The van der Waals surface area contributed by atoms with Gasteiger partial charge in [0.2, 0.25) is 5.95 Å². The van der Waals surface area contributed by atoms with Gasteiger partial charge < -0.3 is 4.74 Å². The van der Waals surface area contributed by atoms with E-state index in [1.54, 1.807) is 42.7 Å². The van der Waals surface area contributed by atoms with Crippen LogP contribution >= 0.6 is 0 Å². The summed E-state index contributed by atoms with van der Waals surface area (Å²) in [6.45, 7) is 0. The molecule has 0 spiro atoms. The molecule has 0 aliphatic carbocycles. The van der Waals surface area contributed by atoms with Gasteiger partial charge in [-0.2, -0.15) is 5.10 Å². The molecule has 0 saturated carbocycles. The van der Waals surface area contributed by atoms with E-state index in [1.807, 2.05) is 0 Å². The van der Waals surface area contributed by atoms with Gasteiger partial charge in [0, 0.05) is 12.4 Å². The zero-order valence-corrected chi connectivity index (χ0v) is 12.3. The number of aromatic amines is 1. The van der Waals surface area contributed by atoms with Gasteiger partial charge in [-0.1, -0.05) is 12.1 Å². The second-order valence-corrected chi connectivity index (χ2v) is 5.05. The topological polar surface area (TPSA) is 72.8 Å². The van der Waals surface area contributed by atoms with Crippen LogP contribution in [0.5, 0.6) is 11.5 Å². The molecule has 1 N–H and O–H groups in total. The maximum absolute atomic E-state index is 13.7. The van der Waals surface area contributed by atoms with Crippen LogP contribution in [-0.2, 0) is 0 Å². The highest BCUT2D eigenvalue weighted by molar-refractivity contribution is 5.79. The number of H-pyrrole nitrogens is 1. The Balaban J connectivity index is 1.76. The SMILES string of the molecule is O=c1[nH]c(-n2cccn2)nc2ccc(Oc3ccccc3F)cc12. The third kappa shape index (κ3) is 2.52. The number of hydrogen-bond donors (Lipinski definition) is 1. The molecular weight excluding hydrogens is 311 g/mol. The average Bonchev–Trinajstić information content (AvgIpc) is 3.12. The lowest BCUT2D eigenvalue weighted by molar-refractivity contribution is 0.443. The first-order valence-electron chi connectivity index (χ1n) is 7.17. The highest BCUT2D eigenvalue weighted by Crippen LogP contribution is 2.25. The number of nitrogens with zero attached hydrogens (tertiary/aromatic N) is 3. The Bertz CT molecular complexity index is 1070. The molecule has 118 valence electrons. The van der Waals surface area contributed by atoms with E-state index < -0.39 is 5.82 Å². The first kappa shape index (κ1) is 14.1. The van der Waals surface area contributed by atoms with E-state index in [0.29, 0.717) is 22.6 Å². The lowest BCUT2D eigenvalue weighted by Crippen LogP contribution is -2.13.